The lowest BCUT2D eigenvalue weighted by Crippen LogP contribution is -1.87. The molecule has 0 aliphatic rings. The zero-order valence-electron chi connectivity index (χ0n) is 9.20. The molecule has 0 heterocycles. The van der Waals surface area contributed by atoms with Gasteiger partial charge in [0.15, 0.2) is 0 Å². The number of thiol groups is 1. The van der Waals surface area contributed by atoms with Gasteiger partial charge < -0.3 is 0 Å². The summed E-state index contributed by atoms with van der Waals surface area (Å²) >= 11 is 4.42. The molecule has 0 spiro atoms. The molecule has 15 heavy (non-hydrogen) atoms. The molecule has 0 saturated carbocycles. The third kappa shape index (κ3) is 3.14. The predicted octanol–water partition coefficient (Wildman–Crippen LogP) is 4.48. The van der Waals surface area contributed by atoms with Crippen LogP contribution in [0.5, 0.6) is 0 Å². The Labute approximate surface area is 97.4 Å². The molecule has 0 aliphatic heterocycles. The molecule has 1 aromatic carbocycles. The summed E-state index contributed by atoms with van der Waals surface area (Å²) in [5.74, 6) is 0. The van der Waals surface area contributed by atoms with Gasteiger partial charge in [0.25, 0.3) is 0 Å². The third-order valence-corrected chi connectivity index (χ3v) is 2.34. The minimum absolute atomic E-state index is 0.990. The van der Waals surface area contributed by atoms with E-state index in [9.17, 15) is 0 Å². The van der Waals surface area contributed by atoms with E-state index in [0.29, 0.717) is 0 Å². The van der Waals surface area contributed by atoms with Crippen molar-refractivity contribution in [1.82, 2.24) is 0 Å². The number of hydrogen-bond acceptors (Lipinski definition) is 1. The summed E-state index contributed by atoms with van der Waals surface area (Å²) in [5.41, 5.74) is 3.27. The molecule has 1 aromatic rings. The highest BCUT2D eigenvalue weighted by molar-refractivity contribution is 7.84. The topological polar surface area (TPSA) is 0 Å². The fourth-order valence-corrected chi connectivity index (χ4v) is 1.79. The maximum Gasteiger partial charge on any atom is -0.00276 e. The summed E-state index contributed by atoms with van der Waals surface area (Å²) < 4.78 is 0. The van der Waals surface area contributed by atoms with Gasteiger partial charge in [0.2, 0.25) is 0 Å². The number of benzene rings is 1. The predicted molar refractivity (Wildman–Crippen MR) is 72.0 cm³/mol. The van der Waals surface area contributed by atoms with E-state index in [1.54, 1.807) is 0 Å². The molecule has 1 heteroatoms. The first-order valence-electron chi connectivity index (χ1n) is 4.94. The molecule has 0 unspecified atom stereocenters. The second-order valence-electron chi connectivity index (χ2n) is 3.35. The lowest BCUT2D eigenvalue weighted by atomic mass is 9.98. The largest absolute Gasteiger partial charge is 0.148 e. The van der Waals surface area contributed by atoms with Crippen molar-refractivity contribution >= 4 is 18.2 Å². The fourth-order valence-electron chi connectivity index (χ4n) is 1.52. The normalized spacial score (nSPS) is 12.7. The number of rotatable bonds is 3. The average molecular weight is 216 g/mol. The van der Waals surface area contributed by atoms with Crippen LogP contribution in [0.15, 0.2) is 59.5 Å². The van der Waals surface area contributed by atoms with Gasteiger partial charge in [-0.25, -0.2) is 0 Å². The number of hydrogen-bond donors (Lipinski definition) is 1. The van der Waals surface area contributed by atoms with E-state index < -0.39 is 0 Å². The van der Waals surface area contributed by atoms with Crippen LogP contribution in [0.4, 0.5) is 0 Å². The minimum atomic E-state index is 0.990. The van der Waals surface area contributed by atoms with E-state index >= 15 is 0 Å². The highest BCUT2D eigenvalue weighted by Gasteiger charge is 2.05. The van der Waals surface area contributed by atoms with Crippen molar-refractivity contribution in [2.75, 3.05) is 0 Å². The number of allylic oxidation sites excluding steroid dienone is 5. The summed E-state index contributed by atoms with van der Waals surface area (Å²) in [5, 5.41) is 0. The van der Waals surface area contributed by atoms with Crippen molar-refractivity contribution in [2.45, 2.75) is 13.8 Å². The van der Waals surface area contributed by atoms with Crippen molar-refractivity contribution in [3.8, 4) is 0 Å². The molecular weight excluding hydrogens is 200 g/mol. The first-order chi connectivity index (χ1) is 7.16. The molecule has 0 N–H and O–H groups in total. The molecule has 0 fully saturated rings. The first kappa shape index (κ1) is 11.9. The Bertz CT molecular complexity index is 393. The molecule has 0 saturated heterocycles. The Morgan fingerprint density at radius 1 is 1.27 bits per heavy atom. The summed E-state index contributed by atoms with van der Waals surface area (Å²) in [7, 11) is 0. The summed E-state index contributed by atoms with van der Waals surface area (Å²) in [6.45, 7) is 8.02. The van der Waals surface area contributed by atoms with Crippen LogP contribution in [-0.4, -0.2) is 0 Å². The van der Waals surface area contributed by atoms with Crippen molar-refractivity contribution in [2.24, 2.45) is 0 Å². The second kappa shape index (κ2) is 5.62. The van der Waals surface area contributed by atoms with Crippen molar-refractivity contribution in [3.05, 3.63) is 65.1 Å². The van der Waals surface area contributed by atoms with Crippen LogP contribution in [0.3, 0.4) is 0 Å². The van der Waals surface area contributed by atoms with Crippen LogP contribution < -0.4 is 0 Å². The lowest BCUT2D eigenvalue weighted by molar-refractivity contribution is 1.54. The Morgan fingerprint density at radius 2 is 1.87 bits per heavy atom. The van der Waals surface area contributed by atoms with Crippen LogP contribution in [0.1, 0.15) is 19.4 Å². The third-order valence-electron chi connectivity index (χ3n) is 2.11. The van der Waals surface area contributed by atoms with Gasteiger partial charge in [0.1, 0.15) is 0 Å². The van der Waals surface area contributed by atoms with Gasteiger partial charge in [-0.15, -0.1) is 12.6 Å². The molecule has 0 nitrogen and oxygen atoms in total. The molecule has 0 aliphatic carbocycles. The first-order valence-corrected chi connectivity index (χ1v) is 5.38. The van der Waals surface area contributed by atoms with E-state index in [4.69, 9.17) is 0 Å². The molecule has 1 rings (SSSR count). The zero-order valence-corrected chi connectivity index (χ0v) is 10.1. The van der Waals surface area contributed by atoms with Gasteiger partial charge >= 0.3 is 0 Å². The molecule has 0 aromatic heterocycles. The van der Waals surface area contributed by atoms with Crippen LogP contribution in [0, 0.1) is 0 Å². The summed E-state index contributed by atoms with van der Waals surface area (Å²) in [6.07, 6.45) is 3.99. The van der Waals surface area contributed by atoms with E-state index in [1.807, 2.05) is 44.2 Å². The van der Waals surface area contributed by atoms with Crippen LogP contribution in [0.2, 0.25) is 0 Å². The smallest absolute Gasteiger partial charge is 0.00276 e. The van der Waals surface area contributed by atoms with Crippen LogP contribution in [0.25, 0.3) is 5.57 Å². The summed E-state index contributed by atoms with van der Waals surface area (Å²) in [6, 6.07) is 10.2. The van der Waals surface area contributed by atoms with E-state index in [0.717, 1.165) is 21.6 Å². The van der Waals surface area contributed by atoms with Gasteiger partial charge in [-0.05, 0) is 35.5 Å². The standard InChI is InChI=1S/C14H16S/c1-4-8-11(2)14(12(3)15)13-9-6-5-7-10-13/h4-10,15H,2H2,1,3H3/b8-4+,14-12+. The lowest BCUT2D eigenvalue weighted by Gasteiger charge is -2.09. The molecule has 78 valence electrons. The summed E-state index contributed by atoms with van der Waals surface area (Å²) in [4.78, 5) is 0.990. The van der Waals surface area contributed by atoms with Gasteiger partial charge in [0, 0.05) is 0 Å². The molecule has 0 amide bonds. The quantitative estimate of drug-likeness (QED) is 0.559. The van der Waals surface area contributed by atoms with Gasteiger partial charge in [-0.2, -0.15) is 0 Å². The Balaban J connectivity index is 3.18. The van der Waals surface area contributed by atoms with Gasteiger partial charge in [0.05, 0.1) is 0 Å². The maximum absolute atomic E-state index is 4.42. The molecule has 0 radical (unpaired) electrons. The van der Waals surface area contributed by atoms with Crippen LogP contribution in [-0.2, 0) is 0 Å². The monoisotopic (exact) mass is 216 g/mol. The molecular formula is C14H16S. The highest BCUT2D eigenvalue weighted by atomic mass is 32.1. The fraction of sp³-hybridized carbons (Fsp3) is 0.143. The Kier molecular flexibility index (Phi) is 4.44. The van der Waals surface area contributed by atoms with Crippen molar-refractivity contribution in [3.63, 3.8) is 0 Å². The van der Waals surface area contributed by atoms with Crippen molar-refractivity contribution in [1.29, 1.82) is 0 Å². The molecule has 0 atom stereocenters. The maximum atomic E-state index is 4.42. The average Bonchev–Trinajstić information content (AvgIpc) is 2.19. The molecule has 0 bridgehead atoms. The van der Waals surface area contributed by atoms with E-state index in [2.05, 4.69) is 31.3 Å². The Morgan fingerprint density at radius 3 is 2.33 bits per heavy atom. The zero-order chi connectivity index (χ0) is 11.3. The van der Waals surface area contributed by atoms with Crippen molar-refractivity contribution < 1.29 is 0 Å². The highest BCUT2D eigenvalue weighted by Crippen LogP contribution is 2.27. The van der Waals surface area contributed by atoms with Crippen LogP contribution >= 0.6 is 12.6 Å². The van der Waals surface area contributed by atoms with Gasteiger partial charge in [-0.1, -0.05) is 49.1 Å². The van der Waals surface area contributed by atoms with E-state index in [-0.39, 0.29) is 0 Å². The minimum Gasteiger partial charge on any atom is -0.148 e. The Hall–Kier alpha value is -1.21. The SMILES string of the molecule is C=C(/C=C/C)/C(=C(/C)S)c1ccccc1. The van der Waals surface area contributed by atoms with E-state index in [1.165, 1.54) is 0 Å². The second-order valence-corrected chi connectivity index (χ2v) is 4.02. The van der Waals surface area contributed by atoms with Gasteiger partial charge in [-0.3, -0.25) is 0 Å².